The smallest absolute Gasteiger partial charge is 0.297 e. The monoisotopic (exact) mass is 376 g/mol. The van der Waals surface area contributed by atoms with E-state index in [0.717, 1.165) is 37.7 Å². The Hall–Kier alpha value is -1.79. The van der Waals surface area contributed by atoms with Gasteiger partial charge >= 0.3 is 0 Å². The Labute approximate surface area is 158 Å². The molecular formula is C21H28O4S. The Morgan fingerprint density at radius 3 is 2.42 bits per heavy atom. The largest absolute Gasteiger partial charge is 0.389 e. The lowest BCUT2D eigenvalue weighted by atomic mass is 10.0. The van der Waals surface area contributed by atoms with Crippen molar-refractivity contribution in [3.05, 3.63) is 29.8 Å². The fourth-order valence-electron chi connectivity index (χ4n) is 2.51. The molecule has 0 bridgehead atoms. The fraction of sp³-hybridized carbons (Fsp3) is 0.524. The molecule has 0 fully saturated rings. The standard InChI is InChI=1S/C21H28O4S/c1-4-6-8-9-11-13-21(20(22)12-10-7-5-2)25-26(23,24)19-16-14-18(3)15-17-19/h2,14-17,20-22H,4,6,8-9,11-13H2,1,3H3/t20-,21-/m0/s1. The van der Waals surface area contributed by atoms with Crippen molar-refractivity contribution in [2.75, 3.05) is 0 Å². The first-order valence-electron chi connectivity index (χ1n) is 9.02. The number of aliphatic hydroxyl groups is 1. The van der Waals surface area contributed by atoms with E-state index in [0.29, 0.717) is 6.42 Å². The molecule has 5 heteroatoms. The lowest BCUT2D eigenvalue weighted by molar-refractivity contribution is 0.0371. The highest BCUT2D eigenvalue weighted by Gasteiger charge is 2.27. The van der Waals surface area contributed by atoms with Crippen LogP contribution in [-0.2, 0) is 14.3 Å². The Bertz CT molecular complexity index is 733. The maximum atomic E-state index is 12.5. The average Bonchev–Trinajstić information content (AvgIpc) is 2.61. The second kappa shape index (κ2) is 11.8. The van der Waals surface area contributed by atoms with Gasteiger partial charge < -0.3 is 5.11 Å². The third-order valence-corrected chi connectivity index (χ3v) is 5.40. The number of aryl methyl sites for hydroxylation is 1. The van der Waals surface area contributed by atoms with E-state index in [4.69, 9.17) is 10.6 Å². The predicted molar refractivity (Wildman–Crippen MR) is 104 cm³/mol. The van der Waals surface area contributed by atoms with Crippen molar-refractivity contribution >= 4 is 10.1 Å². The minimum absolute atomic E-state index is 0.0766. The number of unbranched alkanes of at least 4 members (excludes halogenated alkanes) is 4. The quantitative estimate of drug-likeness (QED) is 0.362. The lowest BCUT2D eigenvalue weighted by Crippen LogP contribution is -2.31. The summed E-state index contributed by atoms with van der Waals surface area (Å²) < 4.78 is 30.4. The van der Waals surface area contributed by atoms with Gasteiger partial charge in [0.1, 0.15) is 6.10 Å². The zero-order valence-corrected chi connectivity index (χ0v) is 16.4. The predicted octanol–water partition coefficient (Wildman–Crippen LogP) is 3.82. The molecule has 1 N–H and O–H groups in total. The van der Waals surface area contributed by atoms with Crippen LogP contribution in [0, 0.1) is 31.1 Å². The molecule has 0 saturated heterocycles. The van der Waals surface area contributed by atoms with E-state index >= 15 is 0 Å². The molecule has 1 aromatic carbocycles. The maximum Gasteiger partial charge on any atom is 0.297 e. The van der Waals surface area contributed by atoms with Gasteiger partial charge in [-0.05, 0) is 37.3 Å². The molecular weight excluding hydrogens is 348 g/mol. The van der Waals surface area contributed by atoms with E-state index < -0.39 is 22.3 Å². The molecule has 0 amide bonds. The summed E-state index contributed by atoms with van der Waals surface area (Å²) in [6, 6.07) is 6.44. The van der Waals surface area contributed by atoms with Gasteiger partial charge in [0.15, 0.2) is 0 Å². The van der Waals surface area contributed by atoms with Crippen LogP contribution in [-0.4, -0.2) is 25.7 Å². The molecule has 26 heavy (non-hydrogen) atoms. The summed E-state index contributed by atoms with van der Waals surface area (Å²) in [5, 5.41) is 10.3. The van der Waals surface area contributed by atoms with E-state index in [1.165, 1.54) is 12.1 Å². The Morgan fingerprint density at radius 2 is 1.81 bits per heavy atom. The van der Waals surface area contributed by atoms with Gasteiger partial charge in [0.25, 0.3) is 10.1 Å². The van der Waals surface area contributed by atoms with Gasteiger partial charge in [-0.1, -0.05) is 62.6 Å². The van der Waals surface area contributed by atoms with Crippen molar-refractivity contribution in [2.45, 2.75) is 75.9 Å². The fourth-order valence-corrected chi connectivity index (χ4v) is 3.65. The molecule has 0 aliphatic heterocycles. The molecule has 1 rings (SSSR count). The molecule has 0 aromatic heterocycles. The molecule has 1 aromatic rings. The van der Waals surface area contributed by atoms with Crippen molar-refractivity contribution in [2.24, 2.45) is 0 Å². The Balaban J connectivity index is 2.81. The van der Waals surface area contributed by atoms with Gasteiger partial charge in [-0.15, -0.1) is 6.42 Å². The average molecular weight is 377 g/mol. The Morgan fingerprint density at radius 1 is 1.15 bits per heavy atom. The van der Waals surface area contributed by atoms with Crippen LogP contribution in [0.2, 0.25) is 0 Å². The SMILES string of the molecule is C#CC#CC[C@H](O)[C@H](CCCCCCC)OS(=O)(=O)c1ccc(C)cc1. The molecule has 0 unspecified atom stereocenters. The van der Waals surface area contributed by atoms with Crippen molar-refractivity contribution < 1.29 is 17.7 Å². The zero-order chi connectivity index (χ0) is 19.4. The number of benzene rings is 1. The first kappa shape index (κ1) is 22.3. The van der Waals surface area contributed by atoms with E-state index in [-0.39, 0.29) is 11.3 Å². The lowest BCUT2D eigenvalue weighted by Gasteiger charge is -2.21. The van der Waals surface area contributed by atoms with Crippen LogP contribution in [0.1, 0.15) is 57.4 Å². The number of aliphatic hydroxyl groups excluding tert-OH is 1. The number of rotatable bonds is 11. The third kappa shape index (κ3) is 8.06. The number of hydrogen-bond acceptors (Lipinski definition) is 4. The first-order chi connectivity index (χ1) is 12.4. The topological polar surface area (TPSA) is 63.6 Å². The minimum Gasteiger partial charge on any atom is -0.389 e. The first-order valence-corrected chi connectivity index (χ1v) is 10.4. The summed E-state index contributed by atoms with van der Waals surface area (Å²) in [5.74, 6) is 7.26. The van der Waals surface area contributed by atoms with Crippen LogP contribution in [0.25, 0.3) is 0 Å². The molecule has 4 nitrogen and oxygen atoms in total. The van der Waals surface area contributed by atoms with Crippen LogP contribution < -0.4 is 0 Å². The summed E-state index contributed by atoms with van der Waals surface area (Å²) in [6.07, 6.45) is 8.87. The van der Waals surface area contributed by atoms with Crippen molar-refractivity contribution in [3.63, 3.8) is 0 Å². The van der Waals surface area contributed by atoms with Gasteiger partial charge in [-0.3, -0.25) is 4.18 Å². The molecule has 0 spiro atoms. The highest BCUT2D eigenvalue weighted by Crippen LogP contribution is 2.21. The summed E-state index contributed by atoms with van der Waals surface area (Å²) in [7, 11) is -3.95. The van der Waals surface area contributed by atoms with Crippen LogP contribution in [0.15, 0.2) is 29.2 Å². The summed E-state index contributed by atoms with van der Waals surface area (Å²) >= 11 is 0. The molecule has 142 valence electrons. The highest BCUT2D eigenvalue weighted by atomic mass is 32.2. The molecule has 0 saturated carbocycles. The third-order valence-electron chi connectivity index (χ3n) is 4.05. The van der Waals surface area contributed by atoms with Gasteiger partial charge in [0, 0.05) is 6.42 Å². The van der Waals surface area contributed by atoms with Crippen molar-refractivity contribution in [3.8, 4) is 24.2 Å². The molecule has 0 radical (unpaired) electrons. The van der Waals surface area contributed by atoms with E-state index in [1.54, 1.807) is 12.1 Å². The summed E-state index contributed by atoms with van der Waals surface area (Å²) in [6.45, 7) is 4.01. The Kier molecular flexibility index (Phi) is 10.1. The molecule has 0 aliphatic carbocycles. The van der Waals surface area contributed by atoms with E-state index in [2.05, 4.69) is 24.7 Å². The van der Waals surface area contributed by atoms with E-state index in [9.17, 15) is 13.5 Å². The normalized spacial score (nSPS) is 13.3. The van der Waals surface area contributed by atoms with Gasteiger partial charge in [0.2, 0.25) is 0 Å². The highest BCUT2D eigenvalue weighted by molar-refractivity contribution is 7.86. The number of terminal acetylenes is 1. The van der Waals surface area contributed by atoms with Crippen LogP contribution >= 0.6 is 0 Å². The summed E-state index contributed by atoms with van der Waals surface area (Å²) in [4.78, 5) is 0.0843. The summed E-state index contributed by atoms with van der Waals surface area (Å²) in [5.41, 5.74) is 0.959. The minimum atomic E-state index is -3.95. The number of hydrogen-bond donors (Lipinski definition) is 1. The second-order valence-corrected chi connectivity index (χ2v) is 7.89. The zero-order valence-electron chi connectivity index (χ0n) is 15.6. The second-order valence-electron chi connectivity index (χ2n) is 6.32. The van der Waals surface area contributed by atoms with Crippen LogP contribution in [0.5, 0.6) is 0 Å². The van der Waals surface area contributed by atoms with Crippen molar-refractivity contribution in [1.82, 2.24) is 0 Å². The van der Waals surface area contributed by atoms with Crippen LogP contribution in [0.3, 0.4) is 0 Å². The molecule has 0 heterocycles. The van der Waals surface area contributed by atoms with Crippen molar-refractivity contribution in [1.29, 1.82) is 0 Å². The van der Waals surface area contributed by atoms with Gasteiger partial charge in [0.05, 0.1) is 11.0 Å². The van der Waals surface area contributed by atoms with E-state index in [1.807, 2.05) is 6.92 Å². The van der Waals surface area contributed by atoms with Crippen LogP contribution in [0.4, 0.5) is 0 Å². The molecule has 2 atom stereocenters. The van der Waals surface area contributed by atoms with Gasteiger partial charge in [-0.25, -0.2) is 0 Å². The molecule has 0 aliphatic rings. The van der Waals surface area contributed by atoms with Gasteiger partial charge in [-0.2, -0.15) is 8.42 Å². The maximum absolute atomic E-state index is 12.5.